The summed E-state index contributed by atoms with van der Waals surface area (Å²) in [4.78, 5) is 0. The molecular formula is C7H12S3. The molecular weight excluding hydrogens is 180 g/mol. The van der Waals surface area contributed by atoms with Crippen LogP contribution in [0.1, 0.15) is 20.8 Å². The molecule has 10 heavy (non-hydrogen) atoms. The predicted molar refractivity (Wildman–Crippen MR) is 57.0 cm³/mol. The van der Waals surface area contributed by atoms with Crippen molar-refractivity contribution in [3.63, 3.8) is 0 Å². The Bertz CT molecular complexity index is 123. The van der Waals surface area contributed by atoms with Crippen LogP contribution >= 0.6 is 31.4 Å². The average molecular weight is 192 g/mol. The third kappa shape index (κ3) is 8.53. The maximum absolute atomic E-state index is 2.15. The van der Waals surface area contributed by atoms with Crippen molar-refractivity contribution in [1.29, 1.82) is 0 Å². The van der Waals surface area contributed by atoms with Crippen LogP contribution < -0.4 is 0 Å². The Kier molecular flexibility index (Phi) is 8.04. The van der Waals surface area contributed by atoms with Crippen LogP contribution in [-0.2, 0) is 0 Å². The summed E-state index contributed by atoms with van der Waals surface area (Å²) in [6.07, 6.45) is 2.04. The van der Waals surface area contributed by atoms with Gasteiger partial charge in [-0.2, -0.15) is 0 Å². The average Bonchev–Trinajstić information content (AvgIpc) is 1.87. The Balaban J connectivity index is 3.13. The van der Waals surface area contributed by atoms with Crippen molar-refractivity contribution in [3.05, 3.63) is 22.5 Å². The van der Waals surface area contributed by atoms with Crippen LogP contribution in [0.5, 0.6) is 0 Å². The minimum atomic E-state index is 1.36. The normalized spacial score (nSPS) is 10.3. The van der Waals surface area contributed by atoms with Gasteiger partial charge >= 0.3 is 0 Å². The van der Waals surface area contributed by atoms with Crippen LogP contribution in [-0.4, -0.2) is 0 Å². The van der Waals surface area contributed by atoms with E-state index in [1.807, 2.05) is 13.0 Å². The smallest absolute Gasteiger partial charge is 0.0158 e. The summed E-state index contributed by atoms with van der Waals surface area (Å²) in [5, 5.41) is 4.23. The van der Waals surface area contributed by atoms with Gasteiger partial charge in [0.25, 0.3) is 0 Å². The zero-order valence-electron chi connectivity index (χ0n) is 6.46. The van der Waals surface area contributed by atoms with Crippen LogP contribution in [0.15, 0.2) is 22.5 Å². The Morgan fingerprint density at radius 1 is 1.20 bits per heavy atom. The van der Waals surface area contributed by atoms with E-state index in [4.69, 9.17) is 0 Å². The molecule has 0 rings (SSSR count). The molecule has 58 valence electrons. The molecule has 0 amide bonds. The zero-order valence-corrected chi connectivity index (χ0v) is 8.91. The third-order valence-electron chi connectivity index (χ3n) is 0.554. The van der Waals surface area contributed by atoms with Crippen molar-refractivity contribution in [2.75, 3.05) is 0 Å². The quantitative estimate of drug-likeness (QED) is 0.476. The van der Waals surface area contributed by atoms with Crippen molar-refractivity contribution in [2.24, 2.45) is 0 Å². The summed E-state index contributed by atoms with van der Waals surface area (Å²) < 4.78 is 0. The van der Waals surface area contributed by atoms with E-state index in [2.05, 4.69) is 24.7 Å². The van der Waals surface area contributed by atoms with Crippen LogP contribution in [0.4, 0.5) is 0 Å². The van der Waals surface area contributed by atoms with Crippen LogP contribution in [0, 0.1) is 0 Å². The number of allylic oxidation sites excluding steroid dienone is 2. The fourth-order valence-electron chi connectivity index (χ4n) is 0.217. The fourth-order valence-corrected chi connectivity index (χ4v) is 3.12. The lowest BCUT2D eigenvalue weighted by molar-refractivity contribution is 1.42. The molecule has 3 heteroatoms. The molecule has 0 unspecified atom stereocenters. The van der Waals surface area contributed by atoms with Gasteiger partial charge in [0, 0.05) is 0 Å². The molecule has 0 aromatic heterocycles. The number of rotatable bonds is 4. The molecule has 0 aliphatic carbocycles. The SMILES string of the molecule is CC=CSSSC=C(C)C. The molecule has 0 radical (unpaired) electrons. The molecule has 0 aromatic carbocycles. The maximum atomic E-state index is 2.15. The van der Waals surface area contributed by atoms with Crippen molar-refractivity contribution in [3.8, 4) is 0 Å². The van der Waals surface area contributed by atoms with Gasteiger partial charge in [0.2, 0.25) is 0 Å². The minimum Gasteiger partial charge on any atom is -0.0804 e. The lowest BCUT2D eigenvalue weighted by atomic mass is 10.4. The molecule has 0 atom stereocenters. The minimum absolute atomic E-state index is 1.36. The largest absolute Gasteiger partial charge is 0.0804 e. The Hall–Kier alpha value is 0.530. The monoisotopic (exact) mass is 192 g/mol. The first-order chi connectivity index (χ1) is 4.77. The molecule has 0 saturated heterocycles. The fraction of sp³-hybridized carbons (Fsp3) is 0.429. The van der Waals surface area contributed by atoms with E-state index in [0.29, 0.717) is 0 Å². The second-order valence-electron chi connectivity index (χ2n) is 1.93. The summed E-state index contributed by atoms with van der Waals surface area (Å²) in [6.45, 7) is 6.24. The Morgan fingerprint density at radius 3 is 2.40 bits per heavy atom. The molecule has 0 fully saturated rings. The second kappa shape index (κ2) is 7.63. The van der Waals surface area contributed by atoms with Crippen molar-refractivity contribution in [1.82, 2.24) is 0 Å². The van der Waals surface area contributed by atoms with Gasteiger partial charge in [0.1, 0.15) is 0 Å². The molecule has 0 aromatic rings. The van der Waals surface area contributed by atoms with E-state index in [-0.39, 0.29) is 0 Å². The highest BCUT2D eigenvalue weighted by Gasteiger charge is 1.81. The van der Waals surface area contributed by atoms with Crippen LogP contribution in [0.2, 0.25) is 0 Å². The molecule has 0 heterocycles. The molecule has 0 nitrogen and oxygen atoms in total. The van der Waals surface area contributed by atoms with E-state index in [9.17, 15) is 0 Å². The first-order valence-electron chi connectivity index (χ1n) is 3.00. The van der Waals surface area contributed by atoms with Gasteiger partial charge in [0.15, 0.2) is 0 Å². The van der Waals surface area contributed by atoms with Gasteiger partial charge in [-0.15, -0.1) is 0 Å². The van der Waals surface area contributed by atoms with Gasteiger partial charge in [-0.25, -0.2) is 0 Å². The summed E-state index contributed by atoms with van der Waals surface area (Å²) in [6, 6.07) is 0. The highest BCUT2D eigenvalue weighted by molar-refractivity contribution is 9.10. The second-order valence-corrected chi connectivity index (χ2v) is 5.74. The standard InChI is InChI=1S/C7H12S3/c1-4-5-8-10-9-6-7(2)3/h4-6H,1-3H3. The highest BCUT2D eigenvalue weighted by Crippen LogP contribution is 2.36. The summed E-state index contributed by atoms with van der Waals surface area (Å²) in [7, 11) is 5.29. The first kappa shape index (κ1) is 10.5. The van der Waals surface area contributed by atoms with Crippen molar-refractivity contribution in [2.45, 2.75) is 20.8 Å². The third-order valence-corrected chi connectivity index (χ3v) is 4.17. The van der Waals surface area contributed by atoms with Gasteiger partial charge < -0.3 is 0 Å². The number of hydrogen-bond acceptors (Lipinski definition) is 3. The van der Waals surface area contributed by atoms with Crippen LogP contribution in [0.25, 0.3) is 0 Å². The highest BCUT2D eigenvalue weighted by atomic mass is 33.5. The molecule has 0 spiro atoms. The number of hydrogen-bond donors (Lipinski definition) is 0. The van der Waals surface area contributed by atoms with E-state index in [0.717, 1.165) is 0 Å². The topological polar surface area (TPSA) is 0 Å². The van der Waals surface area contributed by atoms with Crippen LogP contribution in [0.3, 0.4) is 0 Å². The van der Waals surface area contributed by atoms with E-state index in [1.54, 1.807) is 31.4 Å². The zero-order chi connectivity index (χ0) is 7.82. The van der Waals surface area contributed by atoms with Crippen molar-refractivity contribution < 1.29 is 0 Å². The molecule has 0 bridgehead atoms. The van der Waals surface area contributed by atoms with E-state index >= 15 is 0 Å². The summed E-state index contributed by atoms with van der Waals surface area (Å²) in [5.41, 5.74) is 1.36. The lowest BCUT2D eigenvalue weighted by Gasteiger charge is -1.89. The summed E-state index contributed by atoms with van der Waals surface area (Å²) in [5.74, 6) is 0. The van der Waals surface area contributed by atoms with Gasteiger partial charge in [-0.05, 0) is 41.4 Å². The van der Waals surface area contributed by atoms with Gasteiger partial charge in [-0.1, -0.05) is 33.2 Å². The lowest BCUT2D eigenvalue weighted by Crippen LogP contribution is -1.53. The Morgan fingerprint density at radius 2 is 1.90 bits per heavy atom. The molecule has 0 aliphatic rings. The van der Waals surface area contributed by atoms with E-state index < -0.39 is 0 Å². The van der Waals surface area contributed by atoms with Gasteiger partial charge in [-0.3, -0.25) is 0 Å². The van der Waals surface area contributed by atoms with Crippen molar-refractivity contribution >= 4 is 31.4 Å². The van der Waals surface area contributed by atoms with Gasteiger partial charge in [0.05, 0.1) is 0 Å². The molecule has 0 N–H and O–H groups in total. The maximum Gasteiger partial charge on any atom is -0.0158 e. The molecule has 0 aliphatic heterocycles. The van der Waals surface area contributed by atoms with E-state index in [1.165, 1.54) is 5.57 Å². The first-order valence-corrected chi connectivity index (χ1v) is 6.61. The Labute approximate surface area is 74.7 Å². The molecule has 0 saturated carbocycles. The predicted octanol–water partition coefficient (Wildman–Crippen LogP) is 4.47. The summed E-state index contributed by atoms with van der Waals surface area (Å²) >= 11 is 0.